The summed E-state index contributed by atoms with van der Waals surface area (Å²) >= 11 is 3.46. The second-order valence-corrected chi connectivity index (χ2v) is 8.51. The SMILES string of the molecule is CC[C@@H](C(=O)NC(C)C)N(Cc1cccc(OC)c1)C(=O)COc1ccc(Br)c(C)c1. The Morgan fingerprint density at radius 3 is 2.48 bits per heavy atom. The van der Waals surface area contributed by atoms with Gasteiger partial charge in [0.25, 0.3) is 5.91 Å². The Hall–Kier alpha value is -2.54. The van der Waals surface area contributed by atoms with Gasteiger partial charge >= 0.3 is 0 Å². The van der Waals surface area contributed by atoms with Crippen LogP contribution in [0.4, 0.5) is 0 Å². The molecule has 0 saturated carbocycles. The Kier molecular flexibility index (Phi) is 9.37. The van der Waals surface area contributed by atoms with Crippen LogP contribution < -0.4 is 14.8 Å². The lowest BCUT2D eigenvalue weighted by Gasteiger charge is -2.31. The smallest absolute Gasteiger partial charge is 0.261 e. The van der Waals surface area contributed by atoms with E-state index in [1.807, 2.05) is 64.1 Å². The van der Waals surface area contributed by atoms with Gasteiger partial charge in [0.2, 0.25) is 5.91 Å². The summed E-state index contributed by atoms with van der Waals surface area (Å²) in [6, 6.07) is 12.4. The molecule has 0 spiro atoms. The minimum Gasteiger partial charge on any atom is -0.497 e. The molecule has 1 N–H and O–H groups in total. The van der Waals surface area contributed by atoms with Gasteiger partial charge in [0.15, 0.2) is 6.61 Å². The molecule has 2 rings (SSSR count). The minimum atomic E-state index is -0.601. The predicted molar refractivity (Wildman–Crippen MR) is 125 cm³/mol. The van der Waals surface area contributed by atoms with Gasteiger partial charge < -0.3 is 19.7 Å². The van der Waals surface area contributed by atoms with Crippen molar-refractivity contribution in [3.05, 3.63) is 58.1 Å². The van der Waals surface area contributed by atoms with Crippen LogP contribution in [0.15, 0.2) is 46.9 Å². The number of carbonyl (C=O) groups excluding carboxylic acids is 2. The largest absolute Gasteiger partial charge is 0.497 e. The summed E-state index contributed by atoms with van der Waals surface area (Å²) in [4.78, 5) is 27.6. The van der Waals surface area contributed by atoms with Crippen LogP contribution in [0.3, 0.4) is 0 Å². The number of carbonyl (C=O) groups is 2. The van der Waals surface area contributed by atoms with Crippen molar-refractivity contribution in [1.82, 2.24) is 10.2 Å². The van der Waals surface area contributed by atoms with Crippen LogP contribution in [-0.4, -0.2) is 42.5 Å². The number of hydrogen-bond donors (Lipinski definition) is 1. The second-order valence-electron chi connectivity index (χ2n) is 7.66. The molecule has 7 heteroatoms. The number of methoxy groups -OCH3 is 1. The van der Waals surface area contributed by atoms with Crippen molar-refractivity contribution in [3.63, 3.8) is 0 Å². The topological polar surface area (TPSA) is 67.9 Å². The monoisotopic (exact) mass is 490 g/mol. The molecule has 0 aromatic heterocycles. The maximum atomic E-state index is 13.2. The summed E-state index contributed by atoms with van der Waals surface area (Å²) in [5.74, 6) is 0.878. The zero-order valence-corrected chi connectivity index (χ0v) is 20.4. The summed E-state index contributed by atoms with van der Waals surface area (Å²) in [5.41, 5.74) is 1.89. The zero-order valence-electron chi connectivity index (χ0n) is 18.8. The fraction of sp³-hybridized carbons (Fsp3) is 0.417. The quantitative estimate of drug-likeness (QED) is 0.533. The lowest BCUT2D eigenvalue weighted by Crippen LogP contribution is -2.51. The molecule has 0 bridgehead atoms. The molecule has 0 aliphatic carbocycles. The second kappa shape index (κ2) is 11.7. The summed E-state index contributed by atoms with van der Waals surface area (Å²) < 4.78 is 12.0. The highest BCUT2D eigenvalue weighted by Crippen LogP contribution is 2.22. The van der Waals surface area contributed by atoms with Crippen LogP contribution in [0.1, 0.15) is 38.3 Å². The molecule has 0 radical (unpaired) electrons. The highest BCUT2D eigenvalue weighted by atomic mass is 79.9. The van der Waals surface area contributed by atoms with E-state index >= 15 is 0 Å². The van der Waals surface area contributed by atoms with E-state index in [1.54, 1.807) is 18.1 Å². The Morgan fingerprint density at radius 1 is 1.13 bits per heavy atom. The van der Waals surface area contributed by atoms with Crippen molar-refractivity contribution < 1.29 is 19.1 Å². The predicted octanol–water partition coefficient (Wildman–Crippen LogP) is 4.48. The third kappa shape index (κ3) is 7.28. The standard InChI is InChI=1S/C24H31BrN2O4/c1-6-22(24(29)26-16(2)3)27(14-18-8-7-9-19(13-18)30-5)23(28)15-31-20-10-11-21(25)17(4)12-20/h7-13,16,22H,6,14-15H2,1-5H3,(H,26,29)/t22-/m0/s1. The van der Waals surface area contributed by atoms with E-state index in [4.69, 9.17) is 9.47 Å². The van der Waals surface area contributed by atoms with E-state index < -0.39 is 6.04 Å². The van der Waals surface area contributed by atoms with Crippen molar-refractivity contribution in [2.75, 3.05) is 13.7 Å². The normalized spacial score (nSPS) is 11.7. The van der Waals surface area contributed by atoms with Crippen LogP contribution in [0.2, 0.25) is 0 Å². The number of hydrogen-bond acceptors (Lipinski definition) is 4. The maximum absolute atomic E-state index is 13.2. The van der Waals surface area contributed by atoms with E-state index in [-0.39, 0.29) is 31.0 Å². The third-order valence-corrected chi connectivity index (χ3v) is 5.69. The first-order chi connectivity index (χ1) is 14.7. The summed E-state index contributed by atoms with van der Waals surface area (Å²) in [7, 11) is 1.60. The van der Waals surface area contributed by atoms with Gasteiger partial charge in [-0.3, -0.25) is 9.59 Å². The molecule has 6 nitrogen and oxygen atoms in total. The van der Waals surface area contributed by atoms with Gasteiger partial charge in [-0.1, -0.05) is 35.0 Å². The van der Waals surface area contributed by atoms with Gasteiger partial charge in [0.05, 0.1) is 7.11 Å². The van der Waals surface area contributed by atoms with Gasteiger partial charge in [-0.2, -0.15) is 0 Å². The molecule has 0 fully saturated rings. The Labute approximate surface area is 193 Å². The zero-order chi connectivity index (χ0) is 23.0. The number of aryl methyl sites for hydroxylation is 1. The van der Waals surface area contributed by atoms with Gasteiger partial charge in [-0.15, -0.1) is 0 Å². The Balaban J connectivity index is 2.24. The molecule has 0 aliphatic heterocycles. The van der Waals surface area contributed by atoms with Gasteiger partial charge in [0.1, 0.15) is 17.5 Å². The molecule has 0 unspecified atom stereocenters. The molecule has 2 aromatic carbocycles. The highest BCUT2D eigenvalue weighted by molar-refractivity contribution is 9.10. The summed E-state index contributed by atoms with van der Waals surface area (Å²) in [5, 5.41) is 2.92. The highest BCUT2D eigenvalue weighted by Gasteiger charge is 2.29. The van der Waals surface area contributed by atoms with Crippen molar-refractivity contribution in [2.24, 2.45) is 0 Å². The molecular weight excluding hydrogens is 460 g/mol. The number of benzene rings is 2. The number of halogens is 1. The van der Waals surface area contributed by atoms with Gasteiger partial charge in [-0.05, 0) is 68.7 Å². The Bertz CT molecular complexity index is 901. The average Bonchev–Trinajstić information content (AvgIpc) is 2.73. The van der Waals surface area contributed by atoms with Gasteiger partial charge in [-0.25, -0.2) is 0 Å². The van der Waals surface area contributed by atoms with E-state index in [0.717, 1.165) is 15.6 Å². The molecule has 2 aromatic rings. The Morgan fingerprint density at radius 2 is 1.87 bits per heavy atom. The van der Waals surface area contributed by atoms with Crippen LogP contribution in [0.25, 0.3) is 0 Å². The number of amides is 2. The van der Waals surface area contributed by atoms with Crippen molar-refractivity contribution >= 4 is 27.7 Å². The number of nitrogens with one attached hydrogen (secondary N) is 1. The van der Waals surface area contributed by atoms with Crippen LogP contribution in [-0.2, 0) is 16.1 Å². The summed E-state index contributed by atoms with van der Waals surface area (Å²) in [6.45, 7) is 7.78. The van der Waals surface area contributed by atoms with E-state index in [1.165, 1.54) is 0 Å². The van der Waals surface area contributed by atoms with Crippen molar-refractivity contribution in [1.29, 1.82) is 0 Å². The fourth-order valence-electron chi connectivity index (χ4n) is 3.20. The molecule has 168 valence electrons. The van der Waals surface area contributed by atoms with Gasteiger partial charge in [0, 0.05) is 17.1 Å². The van der Waals surface area contributed by atoms with Crippen molar-refractivity contribution in [3.8, 4) is 11.5 Å². The maximum Gasteiger partial charge on any atom is 0.261 e. The van der Waals surface area contributed by atoms with Crippen LogP contribution >= 0.6 is 15.9 Å². The van der Waals surface area contributed by atoms with Crippen LogP contribution in [0.5, 0.6) is 11.5 Å². The fourth-order valence-corrected chi connectivity index (χ4v) is 3.45. The number of nitrogens with zero attached hydrogens (tertiary/aromatic N) is 1. The lowest BCUT2D eigenvalue weighted by molar-refractivity contribution is -0.143. The molecule has 2 amide bonds. The average molecular weight is 491 g/mol. The number of rotatable bonds is 10. The molecule has 0 saturated heterocycles. The first-order valence-corrected chi connectivity index (χ1v) is 11.2. The molecule has 0 heterocycles. The lowest BCUT2D eigenvalue weighted by atomic mass is 10.1. The summed E-state index contributed by atoms with van der Waals surface area (Å²) in [6.07, 6.45) is 0.492. The van der Waals surface area contributed by atoms with Crippen molar-refractivity contribution in [2.45, 2.75) is 52.7 Å². The third-order valence-electron chi connectivity index (χ3n) is 4.80. The van der Waals surface area contributed by atoms with E-state index in [0.29, 0.717) is 17.9 Å². The molecule has 0 aliphatic rings. The first kappa shape index (κ1) is 24.7. The van der Waals surface area contributed by atoms with E-state index in [2.05, 4.69) is 21.2 Å². The number of ether oxygens (including phenoxy) is 2. The first-order valence-electron chi connectivity index (χ1n) is 10.4. The molecule has 31 heavy (non-hydrogen) atoms. The van der Waals surface area contributed by atoms with Crippen LogP contribution in [0, 0.1) is 6.92 Å². The van der Waals surface area contributed by atoms with E-state index in [9.17, 15) is 9.59 Å². The molecule has 1 atom stereocenters. The minimum absolute atomic E-state index is 0.0164. The molecular formula is C24H31BrN2O4.